The van der Waals surface area contributed by atoms with Crippen LogP contribution in [0.2, 0.25) is 0 Å². The minimum atomic E-state index is 0.0410. The van der Waals surface area contributed by atoms with Crippen LogP contribution in [0, 0.1) is 0 Å². The van der Waals surface area contributed by atoms with Gasteiger partial charge in [0, 0.05) is 28.7 Å². The van der Waals surface area contributed by atoms with Crippen molar-refractivity contribution < 1.29 is 0 Å². The van der Waals surface area contributed by atoms with Crippen molar-refractivity contribution in [3.63, 3.8) is 0 Å². The summed E-state index contributed by atoms with van der Waals surface area (Å²) in [6, 6.07) is 2.48. The zero-order valence-corrected chi connectivity index (χ0v) is 14.4. The molecule has 0 aliphatic carbocycles. The summed E-state index contributed by atoms with van der Waals surface area (Å²) in [5.74, 6) is 0.899. The molecule has 0 bridgehead atoms. The minimum absolute atomic E-state index is 0.0410. The topological polar surface area (TPSA) is 42.2 Å². The number of fused-ring (bicyclic) bond motifs is 1. The number of nitrogens with one attached hydrogen (secondary N) is 1. The quantitative estimate of drug-likeness (QED) is 0.856. The minimum Gasteiger partial charge on any atom is -0.366 e. The van der Waals surface area contributed by atoms with Crippen LogP contribution < -0.4 is 5.32 Å². The van der Waals surface area contributed by atoms with Crippen LogP contribution in [0.15, 0.2) is 18.5 Å². The Morgan fingerprint density at radius 3 is 2.65 bits per heavy atom. The Morgan fingerprint density at radius 1 is 1.35 bits per heavy atom. The van der Waals surface area contributed by atoms with Crippen LogP contribution in [0.4, 0.5) is 5.82 Å². The fourth-order valence-electron chi connectivity index (χ4n) is 2.18. The lowest BCUT2D eigenvalue weighted by Crippen LogP contribution is -2.19. The largest absolute Gasteiger partial charge is 0.366 e. The van der Waals surface area contributed by atoms with E-state index in [-0.39, 0.29) is 5.41 Å². The van der Waals surface area contributed by atoms with Gasteiger partial charge in [0.2, 0.25) is 0 Å². The van der Waals surface area contributed by atoms with Crippen LogP contribution in [-0.4, -0.2) is 25.5 Å². The summed E-state index contributed by atoms with van der Waals surface area (Å²) >= 11 is 3.59. The van der Waals surface area contributed by atoms with E-state index in [0.29, 0.717) is 10.9 Å². The molecule has 0 aromatic carbocycles. The average Bonchev–Trinajstić information content (AvgIpc) is 2.72. The maximum Gasteiger partial charge on any atom is 0.152 e. The van der Waals surface area contributed by atoms with Crippen LogP contribution >= 0.6 is 15.9 Å². The fraction of sp³-hybridized carbons (Fsp3) is 0.600. The lowest BCUT2D eigenvalue weighted by Gasteiger charge is -2.16. The third kappa shape index (κ3) is 3.51. The van der Waals surface area contributed by atoms with E-state index < -0.39 is 0 Å². The summed E-state index contributed by atoms with van der Waals surface area (Å²) in [7, 11) is 0. The van der Waals surface area contributed by atoms with Gasteiger partial charge in [0.15, 0.2) is 5.82 Å². The van der Waals surface area contributed by atoms with Gasteiger partial charge in [-0.05, 0) is 19.4 Å². The van der Waals surface area contributed by atoms with Gasteiger partial charge in [-0.3, -0.25) is 0 Å². The first-order valence-corrected chi connectivity index (χ1v) is 7.94. The van der Waals surface area contributed by atoms with Crippen molar-refractivity contribution >= 4 is 27.3 Å². The lowest BCUT2D eigenvalue weighted by atomic mass is 9.92. The highest BCUT2D eigenvalue weighted by Crippen LogP contribution is 2.25. The Morgan fingerprint density at radius 2 is 2.05 bits per heavy atom. The summed E-state index contributed by atoms with van der Waals surface area (Å²) in [6.45, 7) is 10.8. The van der Waals surface area contributed by atoms with Crippen LogP contribution in [-0.2, 0) is 5.41 Å². The first kappa shape index (κ1) is 15.3. The predicted octanol–water partition coefficient (Wildman–Crippen LogP) is 4.00. The smallest absolute Gasteiger partial charge is 0.152 e. The second-order valence-electron chi connectivity index (χ2n) is 6.45. The molecule has 1 N–H and O–H groups in total. The molecule has 20 heavy (non-hydrogen) atoms. The zero-order valence-electron chi connectivity index (χ0n) is 12.8. The average molecular weight is 339 g/mol. The van der Waals surface area contributed by atoms with E-state index >= 15 is 0 Å². The number of hydrogen-bond acceptors (Lipinski definition) is 3. The molecule has 2 aromatic rings. The lowest BCUT2D eigenvalue weighted by molar-refractivity contribution is 0.562. The van der Waals surface area contributed by atoms with E-state index in [1.807, 2.05) is 10.7 Å². The molecule has 0 saturated carbocycles. The van der Waals surface area contributed by atoms with Crippen molar-refractivity contribution in [3.05, 3.63) is 24.2 Å². The number of hydrogen-bond donors (Lipinski definition) is 1. The molecule has 0 radical (unpaired) electrons. The second-order valence-corrected chi connectivity index (χ2v) is 8.01. The number of alkyl halides is 1. The van der Waals surface area contributed by atoms with Crippen molar-refractivity contribution in [3.8, 4) is 0 Å². The van der Waals surface area contributed by atoms with Gasteiger partial charge in [0.25, 0.3) is 0 Å². The summed E-state index contributed by atoms with van der Waals surface area (Å²) < 4.78 is 1.90. The molecule has 0 aliphatic heterocycles. The molecular weight excluding hydrogens is 316 g/mol. The maximum absolute atomic E-state index is 4.64. The highest BCUT2D eigenvalue weighted by molar-refractivity contribution is 9.09. The molecular formula is C15H23BrN4. The Labute approximate surface area is 129 Å². The fourth-order valence-corrected chi connectivity index (χ4v) is 2.74. The molecule has 0 saturated heterocycles. The number of halogens is 1. The Kier molecular flexibility index (Phi) is 4.37. The normalized spacial score (nSPS) is 15.3. The third-order valence-electron chi connectivity index (χ3n) is 3.22. The summed E-state index contributed by atoms with van der Waals surface area (Å²) in [5.41, 5.74) is 2.15. The molecule has 0 fully saturated rings. The second kappa shape index (κ2) is 5.72. The van der Waals surface area contributed by atoms with E-state index in [0.717, 1.165) is 23.4 Å². The van der Waals surface area contributed by atoms with Crippen molar-refractivity contribution in [1.82, 2.24) is 14.6 Å². The van der Waals surface area contributed by atoms with Gasteiger partial charge >= 0.3 is 0 Å². The Balaban J connectivity index is 2.32. The van der Waals surface area contributed by atoms with Gasteiger partial charge in [-0.1, -0.05) is 43.6 Å². The number of nitrogens with zero attached hydrogens (tertiary/aromatic N) is 3. The molecule has 0 amide bonds. The molecule has 2 atom stereocenters. The molecule has 5 heteroatoms. The van der Waals surface area contributed by atoms with Crippen LogP contribution in [0.1, 0.15) is 46.7 Å². The van der Waals surface area contributed by atoms with E-state index in [1.54, 1.807) is 6.20 Å². The van der Waals surface area contributed by atoms with Gasteiger partial charge < -0.3 is 5.32 Å². The SMILES string of the molecule is CC(Br)CC(C)Nc1nccn2nc(C(C)(C)C)cc12. The van der Waals surface area contributed by atoms with E-state index in [4.69, 9.17) is 0 Å². The molecule has 0 aliphatic rings. The van der Waals surface area contributed by atoms with Gasteiger partial charge in [-0.15, -0.1) is 0 Å². The number of anilines is 1. The van der Waals surface area contributed by atoms with E-state index in [1.165, 1.54) is 0 Å². The standard InChI is InChI=1S/C15H23BrN4/c1-10(16)8-11(2)18-14-12-9-13(15(3,4)5)19-20(12)7-6-17-14/h6-7,9-11H,8H2,1-5H3,(H,17,18). The molecule has 0 spiro atoms. The summed E-state index contributed by atoms with van der Waals surface area (Å²) in [6.07, 6.45) is 4.73. The van der Waals surface area contributed by atoms with E-state index in [2.05, 4.69) is 72.0 Å². The van der Waals surface area contributed by atoms with Crippen LogP contribution in [0.5, 0.6) is 0 Å². The molecule has 110 valence electrons. The zero-order chi connectivity index (χ0) is 14.9. The first-order chi connectivity index (χ1) is 9.27. The molecule has 2 heterocycles. The summed E-state index contributed by atoms with van der Waals surface area (Å²) in [4.78, 5) is 4.95. The van der Waals surface area contributed by atoms with Gasteiger partial charge in [-0.2, -0.15) is 5.10 Å². The monoisotopic (exact) mass is 338 g/mol. The predicted molar refractivity (Wildman–Crippen MR) is 87.8 cm³/mol. The summed E-state index contributed by atoms with van der Waals surface area (Å²) in [5, 5.41) is 8.12. The first-order valence-electron chi connectivity index (χ1n) is 7.03. The Hall–Kier alpha value is -1.10. The Bertz CT molecular complexity index is 583. The van der Waals surface area contributed by atoms with Crippen LogP contribution in [0.25, 0.3) is 5.52 Å². The highest BCUT2D eigenvalue weighted by atomic mass is 79.9. The van der Waals surface area contributed by atoms with Crippen molar-refractivity contribution in [1.29, 1.82) is 0 Å². The van der Waals surface area contributed by atoms with E-state index in [9.17, 15) is 0 Å². The molecule has 2 rings (SSSR count). The van der Waals surface area contributed by atoms with Gasteiger partial charge in [0.05, 0.1) is 5.69 Å². The number of rotatable bonds is 4. The van der Waals surface area contributed by atoms with Crippen molar-refractivity contribution in [2.75, 3.05) is 5.32 Å². The van der Waals surface area contributed by atoms with Gasteiger partial charge in [-0.25, -0.2) is 9.50 Å². The molecule has 2 unspecified atom stereocenters. The molecule has 2 aromatic heterocycles. The third-order valence-corrected chi connectivity index (χ3v) is 3.59. The van der Waals surface area contributed by atoms with Crippen LogP contribution in [0.3, 0.4) is 0 Å². The van der Waals surface area contributed by atoms with Crippen molar-refractivity contribution in [2.24, 2.45) is 0 Å². The highest BCUT2D eigenvalue weighted by Gasteiger charge is 2.19. The molecule has 4 nitrogen and oxygen atoms in total. The van der Waals surface area contributed by atoms with Crippen molar-refractivity contribution in [2.45, 2.75) is 57.3 Å². The van der Waals surface area contributed by atoms with Gasteiger partial charge in [0.1, 0.15) is 5.52 Å². The maximum atomic E-state index is 4.64. The number of aromatic nitrogens is 3.